The van der Waals surface area contributed by atoms with E-state index in [9.17, 15) is 9.59 Å². The van der Waals surface area contributed by atoms with Crippen molar-refractivity contribution >= 4 is 28.4 Å². The number of carbonyl (C=O) groups excluding carboxylic acids is 2. The number of amides is 2. The van der Waals surface area contributed by atoms with Gasteiger partial charge in [0.2, 0.25) is 0 Å². The van der Waals surface area contributed by atoms with Crippen molar-refractivity contribution in [3.63, 3.8) is 0 Å². The van der Waals surface area contributed by atoms with Crippen LogP contribution in [0.2, 0.25) is 0 Å². The second-order valence-electron chi connectivity index (χ2n) is 6.84. The van der Waals surface area contributed by atoms with E-state index in [1.807, 2.05) is 30.5 Å². The Kier molecular flexibility index (Phi) is 6.07. The van der Waals surface area contributed by atoms with Crippen molar-refractivity contribution in [3.8, 4) is 11.5 Å². The minimum Gasteiger partial charge on any atom is -0.495 e. The molecule has 1 heterocycles. The first-order valence-corrected chi connectivity index (χ1v) is 9.37. The lowest BCUT2D eigenvalue weighted by molar-refractivity contribution is -0.118. The van der Waals surface area contributed by atoms with Crippen LogP contribution in [0.5, 0.6) is 11.5 Å². The topological polar surface area (TPSA) is 81.6 Å². The molecule has 0 unspecified atom stereocenters. The van der Waals surface area contributed by atoms with Crippen LogP contribution in [0.25, 0.3) is 10.9 Å². The third-order valence-electron chi connectivity index (χ3n) is 4.60. The van der Waals surface area contributed by atoms with Crippen LogP contribution in [0.4, 0.5) is 5.69 Å². The lowest BCUT2D eigenvalue weighted by Gasteiger charge is -2.13. The molecule has 1 aromatic heterocycles. The zero-order valence-electron chi connectivity index (χ0n) is 17.0. The molecule has 152 valence electrons. The molecular weight excluding hydrogens is 370 g/mol. The van der Waals surface area contributed by atoms with Gasteiger partial charge in [-0.2, -0.15) is 0 Å². The molecule has 0 aliphatic rings. The van der Waals surface area contributed by atoms with Crippen LogP contribution in [0, 0.1) is 0 Å². The lowest BCUT2D eigenvalue weighted by atomic mass is 10.1. The Bertz CT molecular complexity index is 1040. The first kappa shape index (κ1) is 20.3. The van der Waals surface area contributed by atoms with Crippen molar-refractivity contribution in [2.24, 2.45) is 0 Å². The molecule has 0 saturated carbocycles. The molecule has 3 rings (SSSR count). The summed E-state index contributed by atoms with van der Waals surface area (Å²) in [4.78, 5) is 24.3. The highest BCUT2D eigenvalue weighted by Crippen LogP contribution is 2.29. The van der Waals surface area contributed by atoms with Gasteiger partial charge in [-0.25, -0.2) is 0 Å². The van der Waals surface area contributed by atoms with Gasteiger partial charge in [-0.05, 0) is 50.2 Å². The Hall–Kier alpha value is -3.48. The predicted molar refractivity (Wildman–Crippen MR) is 113 cm³/mol. The molecule has 2 amide bonds. The first-order valence-electron chi connectivity index (χ1n) is 9.37. The van der Waals surface area contributed by atoms with Gasteiger partial charge in [0, 0.05) is 30.2 Å². The molecule has 7 nitrogen and oxygen atoms in total. The van der Waals surface area contributed by atoms with Gasteiger partial charge in [0.1, 0.15) is 11.5 Å². The molecule has 0 aliphatic carbocycles. The van der Waals surface area contributed by atoms with Crippen molar-refractivity contribution in [1.82, 2.24) is 9.88 Å². The number of methoxy groups -OCH3 is 1. The number of carbonyl (C=O) groups is 2. The molecule has 0 atom stereocenters. The molecule has 0 radical (unpaired) electrons. The maximum atomic E-state index is 12.5. The Morgan fingerprint density at radius 1 is 1.10 bits per heavy atom. The first-order chi connectivity index (χ1) is 13.9. The summed E-state index contributed by atoms with van der Waals surface area (Å²) in [6, 6.07) is 12.9. The van der Waals surface area contributed by atoms with E-state index in [1.165, 1.54) is 7.11 Å². The van der Waals surface area contributed by atoms with Gasteiger partial charge in [0.25, 0.3) is 11.8 Å². The molecule has 0 spiro atoms. The SMILES string of the molecule is CNC(=O)c1ccc(OC)c(NC(=O)COc2cccc3c2ccn3C(C)C)c1. The monoisotopic (exact) mass is 395 g/mol. The summed E-state index contributed by atoms with van der Waals surface area (Å²) in [5, 5.41) is 6.25. The van der Waals surface area contributed by atoms with Crippen molar-refractivity contribution in [2.45, 2.75) is 19.9 Å². The quantitative estimate of drug-likeness (QED) is 0.640. The number of nitrogens with zero attached hydrogens (tertiary/aromatic N) is 1. The molecule has 0 saturated heterocycles. The highest BCUT2D eigenvalue weighted by Gasteiger charge is 2.14. The smallest absolute Gasteiger partial charge is 0.262 e. The van der Waals surface area contributed by atoms with E-state index in [4.69, 9.17) is 9.47 Å². The summed E-state index contributed by atoms with van der Waals surface area (Å²) in [6.45, 7) is 4.06. The highest BCUT2D eigenvalue weighted by atomic mass is 16.5. The highest BCUT2D eigenvalue weighted by molar-refractivity contribution is 5.98. The van der Waals surface area contributed by atoms with Gasteiger partial charge >= 0.3 is 0 Å². The average Bonchev–Trinajstić information content (AvgIpc) is 3.16. The third kappa shape index (κ3) is 4.34. The normalized spacial score (nSPS) is 10.8. The molecule has 0 bridgehead atoms. The number of fused-ring (bicyclic) bond motifs is 1. The second kappa shape index (κ2) is 8.68. The maximum Gasteiger partial charge on any atom is 0.262 e. The third-order valence-corrected chi connectivity index (χ3v) is 4.60. The Balaban J connectivity index is 1.74. The molecule has 3 aromatic rings. The second-order valence-corrected chi connectivity index (χ2v) is 6.84. The fourth-order valence-electron chi connectivity index (χ4n) is 3.16. The van der Waals surface area contributed by atoms with Crippen LogP contribution in [0.15, 0.2) is 48.7 Å². The van der Waals surface area contributed by atoms with E-state index in [0.29, 0.717) is 28.8 Å². The Morgan fingerprint density at radius 3 is 2.59 bits per heavy atom. The summed E-state index contributed by atoms with van der Waals surface area (Å²) in [5.41, 5.74) is 1.88. The number of benzene rings is 2. The summed E-state index contributed by atoms with van der Waals surface area (Å²) < 4.78 is 13.2. The van der Waals surface area contributed by atoms with E-state index in [0.717, 1.165) is 10.9 Å². The largest absolute Gasteiger partial charge is 0.495 e. The van der Waals surface area contributed by atoms with Crippen LogP contribution in [0.1, 0.15) is 30.2 Å². The summed E-state index contributed by atoms with van der Waals surface area (Å²) in [6.07, 6.45) is 2.01. The summed E-state index contributed by atoms with van der Waals surface area (Å²) in [7, 11) is 3.05. The van der Waals surface area contributed by atoms with E-state index < -0.39 is 0 Å². The number of hydrogen-bond acceptors (Lipinski definition) is 4. The van der Waals surface area contributed by atoms with Crippen LogP contribution in [-0.4, -0.2) is 37.1 Å². The predicted octanol–water partition coefficient (Wildman–Crippen LogP) is 3.61. The standard InChI is InChI=1S/C22H25N3O4/c1-14(2)25-11-10-16-18(25)6-5-7-19(16)29-13-21(26)24-17-12-15(22(27)23-3)8-9-20(17)28-4/h5-12,14H,13H2,1-4H3,(H,23,27)(H,24,26). The fraction of sp³-hybridized carbons (Fsp3) is 0.273. The van der Waals surface area contributed by atoms with Gasteiger partial charge < -0.3 is 24.7 Å². The molecule has 29 heavy (non-hydrogen) atoms. The van der Waals surface area contributed by atoms with Crippen molar-refractivity contribution < 1.29 is 19.1 Å². The average molecular weight is 395 g/mol. The molecule has 0 aliphatic heterocycles. The van der Waals surface area contributed by atoms with Gasteiger partial charge in [-0.1, -0.05) is 6.07 Å². The van der Waals surface area contributed by atoms with Crippen LogP contribution < -0.4 is 20.1 Å². The van der Waals surface area contributed by atoms with Crippen LogP contribution >= 0.6 is 0 Å². The summed E-state index contributed by atoms with van der Waals surface area (Å²) in [5.74, 6) is 0.503. The lowest BCUT2D eigenvalue weighted by Crippen LogP contribution is -2.22. The van der Waals surface area contributed by atoms with Crippen LogP contribution in [0.3, 0.4) is 0 Å². The van der Waals surface area contributed by atoms with E-state index in [2.05, 4.69) is 29.0 Å². The Morgan fingerprint density at radius 2 is 1.90 bits per heavy atom. The number of anilines is 1. The molecular formula is C22H25N3O4. The van der Waals surface area contributed by atoms with Crippen molar-refractivity contribution in [1.29, 1.82) is 0 Å². The number of ether oxygens (including phenoxy) is 2. The number of aromatic nitrogens is 1. The maximum absolute atomic E-state index is 12.5. The zero-order valence-corrected chi connectivity index (χ0v) is 17.0. The number of rotatable bonds is 7. The van der Waals surface area contributed by atoms with Gasteiger partial charge in [0.05, 0.1) is 18.3 Å². The molecule has 2 N–H and O–H groups in total. The number of nitrogens with one attached hydrogen (secondary N) is 2. The minimum absolute atomic E-state index is 0.167. The Labute approximate surface area is 169 Å². The van der Waals surface area contributed by atoms with Crippen molar-refractivity contribution in [3.05, 3.63) is 54.2 Å². The minimum atomic E-state index is -0.349. The van der Waals surface area contributed by atoms with Gasteiger partial charge in [-0.3, -0.25) is 9.59 Å². The molecule has 7 heteroatoms. The molecule has 0 fully saturated rings. The van der Waals surface area contributed by atoms with Gasteiger partial charge in [-0.15, -0.1) is 0 Å². The zero-order chi connectivity index (χ0) is 21.0. The van der Waals surface area contributed by atoms with Gasteiger partial charge in [0.15, 0.2) is 6.61 Å². The van der Waals surface area contributed by atoms with Crippen molar-refractivity contribution in [2.75, 3.05) is 26.1 Å². The fourth-order valence-corrected chi connectivity index (χ4v) is 3.16. The van der Waals surface area contributed by atoms with E-state index in [1.54, 1.807) is 25.2 Å². The van der Waals surface area contributed by atoms with Crippen LogP contribution in [-0.2, 0) is 4.79 Å². The summed E-state index contributed by atoms with van der Waals surface area (Å²) >= 11 is 0. The number of hydrogen-bond donors (Lipinski definition) is 2. The molecule has 2 aromatic carbocycles. The van der Waals surface area contributed by atoms with E-state index >= 15 is 0 Å². The van der Waals surface area contributed by atoms with E-state index in [-0.39, 0.29) is 18.4 Å².